The van der Waals surface area contributed by atoms with Crippen LogP contribution in [0.3, 0.4) is 0 Å². The van der Waals surface area contributed by atoms with E-state index in [0.717, 1.165) is 12.8 Å². The number of ketones is 1. The number of carbonyl (C=O) groups is 1. The molecule has 118 valence electrons. The van der Waals surface area contributed by atoms with Crippen molar-refractivity contribution in [2.24, 2.45) is 0 Å². The van der Waals surface area contributed by atoms with Crippen LogP contribution < -0.4 is 4.74 Å². The second-order valence-electron chi connectivity index (χ2n) is 4.66. The van der Waals surface area contributed by atoms with Crippen LogP contribution in [0, 0.1) is 0 Å². The number of para-hydroxylation sites is 1. The molecular formula is C15H23O5P. The molecule has 21 heavy (non-hydrogen) atoms. The average molecular weight is 314 g/mol. The third kappa shape index (κ3) is 6.00. The smallest absolute Gasteiger partial charge is 0.337 e. The Balaban J connectivity index is 2.76. The number of ether oxygens (including phenoxy) is 1. The number of unbranched alkanes of at least 4 members (excludes halogenated alkanes) is 1. The van der Waals surface area contributed by atoms with Crippen molar-refractivity contribution < 1.29 is 23.1 Å². The van der Waals surface area contributed by atoms with E-state index in [1.807, 2.05) is 25.1 Å². The van der Waals surface area contributed by atoms with Gasteiger partial charge in [-0.3, -0.25) is 9.36 Å². The maximum atomic E-state index is 12.3. The van der Waals surface area contributed by atoms with Crippen LogP contribution >= 0.6 is 7.60 Å². The Hall–Kier alpha value is -1.16. The van der Waals surface area contributed by atoms with E-state index >= 15 is 0 Å². The predicted octanol–water partition coefficient (Wildman–Crippen LogP) is 3.68. The van der Waals surface area contributed by atoms with E-state index in [1.165, 1.54) is 14.2 Å². The van der Waals surface area contributed by atoms with Gasteiger partial charge in [-0.2, -0.15) is 0 Å². The lowest BCUT2D eigenvalue weighted by molar-refractivity contribution is -0.123. The molecule has 0 spiro atoms. The molecule has 5 nitrogen and oxygen atoms in total. The summed E-state index contributed by atoms with van der Waals surface area (Å²) in [5.74, 6) is 0.357. The molecule has 1 atom stereocenters. The summed E-state index contributed by atoms with van der Waals surface area (Å²) in [7, 11) is -0.809. The van der Waals surface area contributed by atoms with Crippen molar-refractivity contribution in [1.82, 2.24) is 0 Å². The Labute approximate surface area is 126 Å². The Morgan fingerprint density at radius 2 is 1.81 bits per heavy atom. The topological polar surface area (TPSA) is 61.8 Å². The van der Waals surface area contributed by atoms with Gasteiger partial charge in [-0.05, 0) is 25.0 Å². The summed E-state index contributed by atoms with van der Waals surface area (Å²) < 4.78 is 27.4. The average Bonchev–Trinajstić information content (AvgIpc) is 2.52. The number of carbonyl (C=O) groups excluding carboxylic acids is 1. The summed E-state index contributed by atoms with van der Waals surface area (Å²) in [6, 6.07) is 9.13. The van der Waals surface area contributed by atoms with Gasteiger partial charge in [0.15, 0.2) is 11.9 Å². The molecule has 1 aromatic rings. The zero-order valence-electron chi connectivity index (χ0n) is 12.8. The lowest BCUT2D eigenvalue weighted by atomic mass is 10.1. The van der Waals surface area contributed by atoms with Gasteiger partial charge in [-0.25, -0.2) is 0 Å². The third-order valence-electron chi connectivity index (χ3n) is 3.11. The Morgan fingerprint density at radius 1 is 1.19 bits per heavy atom. The summed E-state index contributed by atoms with van der Waals surface area (Å²) in [4.78, 5) is 12.3. The van der Waals surface area contributed by atoms with Gasteiger partial charge in [0.05, 0.1) is 0 Å². The lowest BCUT2D eigenvalue weighted by Crippen LogP contribution is -2.30. The van der Waals surface area contributed by atoms with Gasteiger partial charge in [-0.15, -0.1) is 0 Å². The fourth-order valence-electron chi connectivity index (χ4n) is 1.83. The third-order valence-corrected chi connectivity index (χ3v) is 4.92. The van der Waals surface area contributed by atoms with Crippen LogP contribution in [0.1, 0.15) is 26.2 Å². The highest BCUT2D eigenvalue weighted by atomic mass is 31.2. The quantitative estimate of drug-likeness (QED) is 0.616. The van der Waals surface area contributed by atoms with Gasteiger partial charge in [0.1, 0.15) is 11.9 Å². The summed E-state index contributed by atoms with van der Waals surface area (Å²) in [6.45, 7) is 2.04. The largest absolute Gasteiger partial charge is 0.483 e. The molecule has 0 fully saturated rings. The Morgan fingerprint density at radius 3 is 2.33 bits per heavy atom. The summed E-state index contributed by atoms with van der Waals surface area (Å²) in [5, 5.41) is 0. The highest BCUT2D eigenvalue weighted by Crippen LogP contribution is 2.46. The molecule has 1 rings (SSSR count). The van der Waals surface area contributed by atoms with Gasteiger partial charge in [0, 0.05) is 14.2 Å². The zero-order chi connectivity index (χ0) is 15.7. The van der Waals surface area contributed by atoms with E-state index in [0.29, 0.717) is 12.2 Å². The van der Waals surface area contributed by atoms with Crippen molar-refractivity contribution in [1.29, 1.82) is 0 Å². The van der Waals surface area contributed by atoms with Gasteiger partial charge in [-0.1, -0.05) is 31.5 Å². The first-order chi connectivity index (χ1) is 10.0. The molecule has 0 bridgehead atoms. The number of benzene rings is 1. The molecular weight excluding hydrogens is 291 g/mol. The molecule has 0 heterocycles. The van der Waals surface area contributed by atoms with Gasteiger partial charge in [0.25, 0.3) is 0 Å². The molecule has 0 amide bonds. The minimum Gasteiger partial charge on any atom is -0.483 e. The highest BCUT2D eigenvalue weighted by molar-refractivity contribution is 7.54. The molecule has 0 radical (unpaired) electrons. The molecule has 1 unspecified atom stereocenters. The standard InChI is InChI=1S/C15H23O5P/c1-4-5-11-15(20-13-9-7-6-8-10-13)14(16)12-21(17,18-2)19-3/h6-10,15H,4-5,11-12H2,1-3H3. The van der Waals surface area contributed by atoms with Crippen molar-refractivity contribution in [3.05, 3.63) is 30.3 Å². The van der Waals surface area contributed by atoms with Crippen LogP contribution in [0.25, 0.3) is 0 Å². The van der Waals surface area contributed by atoms with E-state index in [4.69, 9.17) is 13.8 Å². The van der Waals surface area contributed by atoms with Crippen molar-refractivity contribution in [2.45, 2.75) is 32.3 Å². The molecule has 0 saturated carbocycles. The van der Waals surface area contributed by atoms with E-state index in [-0.39, 0.29) is 11.9 Å². The van der Waals surface area contributed by atoms with Crippen LogP contribution in [0.15, 0.2) is 30.3 Å². The molecule has 0 aliphatic rings. The van der Waals surface area contributed by atoms with Crippen LogP contribution in [0.2, 0.25) is 0 Å². The Kier molecular flexibility index (Phi) is 7.65. The van der Waals surface area contributed by atoms with Gasteiger partial charge < -0.3 is 13.8 Å². The van der Waals surface area contributed by atoms with Gasteiger partial charge >= 0.3 is 7.60 Å². The summed E-state index contributed by atoms with van der Waals surface area (Å²) in [6.07, 6.45) is 1.48. The van der Waals surface area contributed by atoms with Crippen LogP contribution in [0.5, 0.6) is 5.75 Å². The molecule has 0 aliphatic carbocycles. The molecule has 0 aromatic heterocycles. The van der Waals surface area contributed by atoms with Crippen molar-refractivity contribution in [3.63, 3.8) is 0 Å². The second-order valence-corrected chi connectivity index (χ2v) is 6.93. The molecule has 0 saturated heterocycles. The molecule has 1 aromatic carbocycles. The minimum absolute atomic E-state index is 0.265. The van der Waals surface area contributed by atoms with Crippen molar-refractivity contribution in [3.8, 4) is 5.75 Å². The first-order valence-corrected chi connectivity index (χ1v) is 8.72. The first-order valence-electron chi connectivity index (χ1n) is 6.99. The van der Waals surface area contributed by atoms with Crippen molar-refractivity contribution in [2.75, 3.05) is 20.4 Å². The lowest BCUT2D eigenvalue weighted by Gasteiger charge is -2.20. The maximum Gasteiger partial charge on any atom is 0.337 e. The Bertz CT molecular complexity index is 466. The monoisotopic (exact) mass is 314 g/mol. The normalized spacial score (nSPS) is 12.9. The van der Waals surface area contributed by atoms with E-state index in [1.54, 1.807) is 12.1 Å². The number of hydrogen-bond donors (Lipinski definition) is 0. The highest BCUT2D eigenvalue weighted by Gasteiger charge is 2.31. The predicted molar refractivity (Wildman–Crippen MR) is 81.9 cm³/mol. The fraction of sp³-hybridized carbons (Fsp3) is 0.533. The number of rotatable bonds is 10. The van der Waals surface area contributed by atoms with Gasteiger partial charge in [0.2, 0.25) is 0 Å². The van der Waals surface area contributed by atoms with Crippen molar-refractivity contribution >= 4 is 13.4 Å². The van der Waals surface area contributed by atoms with Crippen LogP contribution in [-0.4, -0.2) is 32.3 Å². The van der Waals surface area contributed by atoms with E-state index < -0.39 is 13.7 Å². The molecule has 0 N–H and O–H groups in total. The molecule has 6 heteroatoms. The number of hydrogen-bond acceptors (Lipinski definition) is 5. The van der Waals surface area contributed by atoms with E-state index in [2.05, 4.69) is 0 Å². The molecule has 0 aliphatic heterocycles. The maximum absolute atomic E-state index is 12.3. The summed E-state index contributed by atoms with van der Waals surface area (Å²) in [5.41, 5.74) is 0. The summed E-state index contributed by atoms with van der Waals surface area (Å²) >= 11 is 0. The zero-order valence-corrected chi connectivity index (χ0v) is 13.7. The van der Waals surface area contributed by atoms with Crippen LogP contribution in [-0.2, 0) is 18.4 Å². The van der Waals surface area contributed by atoms with E-state index in [9.17, 15) is 9.36 Å². The second kappa shape index (κ2) is 8.98. The first kappa shape index (κ1) is 17.9. The van der Waals surface area contributed by atoms with Crippen LogP contribution in [0.4, 0.5) is 0 Å². The fourth-order valence-corrected chi connectivity index (χ4v) is 2.83. The number of Topliss-reactive ketones (excluding diaryl/α,β-unsaturated/α-hetero) is 1. The SMILES string of the molecule is CCCCC(Oc1ccccc1)C(=O)CP(=O)(OC)OC. The minimum atomic E-state index is -3.36.